The van der Waals surface area contributed by atoms with Gasteiger partial charge in [0.15, 0.2) is 0 Å². The molecule has 1 aliphatic carbocycles. The minimum Gasteiger partial charge on any atom is -0.394 e. The molecule has 0 unspecified atom stereocenters. The van der Waals surface area contributed by atoms with Gasteiger partial charge in [0.05, 0.1) is 18.8 Å². The van der Waals surface area contributed by atoms with Crippen LogP contribution in [-0.2, 0) is 24.0 Å². The molecule has 0 radical (unpaired) electrons. The van der Waals surface area contributed by atoms with Crippen molar-refractivity contribution in [3.63, 3.8) is 0 Å². The lowest BCUT2D eigenvalue weighted by Crippen LogP contribution is -2.47. The SMILES string of the molecule is CSc1ccc(Cc2cc([C@H]3C[C@@H](O)[C@@H](O)[C@@H](CO)O3)c(C)c3c2CCC3)cc1. The number of benzene rings is 2. The van der Waals surface area contributed by atoms with Gasteiger partial charge >= 0.3 is 0 Å². The molecular weight excluding hydrogens is 384 g/mol. The maximum atomic E-state index is 10.3. The van der Waals surface area contributed by atoms with E-state index in [2.05, 4.69) is 43.5 Å². The van der Waals surface area contributed by atoms with Gasteiger partial charge in [-0.05, 0) is 84.4 Å². The van der Waals surface area contributed by atoms with Gasteiger partial charge in [-0.1, -0.05) is 18.2 Å². The van der Waals surface area contributed by atoms with Crippen LogP contribution in [-0.4, -0.2) is 46.5 Å². The van der Waals surface area contributed by atoms with E-state index in [9.17, 15) is 15.3 Å². The molecule has 0 spiro atoms. The molecule has 4 nitrogen and oxygen atoms in total. The zero-order valence-corrected chi connectivity index (χ0v) is 17.9. The second-order valence-electron chi connectivity index (χ2n) is 8.22. The highest BCUT2D eigenvalue weighted by atomic mass is 32.2. The van der Waals surface area contributed by atoms with E-state index in [1.807, 2.05) is 0 Å². The van der Waals surface area contributed by atoms with Crippen molar-refractivity contribution >= 4 is 11.8 Å². The third-order valence-electron chi connectivity index (χ3n) is 6.47. The van der Waals surface area contributed by atoms with Crippen molar-refractivity contribution < 1.29 is 20.1 Å². The number of fused-ring (bicyclic) bond motifs is 1. The predicted molar refractivity (Wildman–Crippen MR) is 116 cm³/mol. The molecule has 3 N–H and O–H groups in total. The fraction of sp³-hybridized carbons (Fsp3) is 0.500. The maximum Gasteiger partial charge on any atom is 0.110 e. The monoisotopic (exact) mass is 414 g/mol. The largest absolute Gasteiger partial charge is 0.394 e. The minimum absolute atomic E-state index is 0.298. The van der Waals surface area contributed by atoms with E-state index in [0.717, 1.165) is 24.8 Å². The Kier molecular flexibility index (Phi) is 6.32. The summed E-state index contributed by atoms with van der Waals surface area (Å²) in [5.41, 5.74) is 7.84. The minimum atomic E-state index is -1.04. The Bertz CT molecular complexity index is 864. The average Bonchev–Trinajstić information content (AvgIpc) is 3.23. The number of thioether (sulfide) groups is 1. The van der Waals surface area contributed by atoms with Gasteiger partial charge < -0.3 is 20.1 Å². The first-order valence-electron chi connectivity index (χ1n) is 10.4. The van der Waals surface area contributed by atoms with E-state index >= 15 is 0 Å². The molecule has 29 heavy (non-hydrogen) atoms. The summed E-state index contributed by atoms with van der Waals surface area (Å²) in [7, 11) is 0. The smallest absolute Gasteiger partial charge is 0.110 e. The van der Waals surface area contributed by atoms with E-state index in [-0.39, 0.29) is 12.7 Å². The van der Waals surface area contributed by atoms with Crippen molar-refractivity contribution in [3.05, 3.63) is 63.7 Å². The Morgan fingerprint density at radius 2 is 1.83 bits per heavy atom. The molecule has 1 heterocycles. The summed E-state index contributed by atoms with van der Waals surface area (Å²) in [6.45, 7) is 1.85. The van der Waals surface area contributed by atoms with Crippen molar-refractivity contribution in [3.8, 4) is 0 Å². The first kappa shape index (κ1) is 20.9. The molecule has 0 saturated carbocycles. The number of rotatable bonds is 5. The average molecular weight is 415 g/mol. The highest BCUT2D eigenvalue weighted by Gasteiger charge is 2.38. The van der Waals surface area contributed by atoms with Crippen molar-refractivity contribution in [2.24, 2.45) is 0 Å². The summed E-state index contributed by atoms with van der Waals surface area (Å²) in [6.07, 6.45) is 3.68. The lowest BCUT2D eigenvalue weighted by atomic mass is 9.85. The Balaban J connectivity index is 1.69. The van der Waals surface area contributed by atoms with Crippen molar-refractivity contribution in [1.29, 1.82) is 0 Å². The topological polar surface area (TPSA) is 69.9 Å². The van der Waals surface area contributed by atoms with E-state index in [1.165, 1.54) is 39.1 Å². The van der Waals surface area contributed by atoms with Crippen molar-refractivity contribution in [2.45, 2.75) is 68.3 Å². The standard InChI is InChI=1S/C24H30O4S/c1-14-18-4-3-5-19(18)16(10-15-6-8-17(29-2)9-7-15)11-20(14)22-12-21(26)24(27)23(13-25)28-22/h6-9,11,21-27H,3-5,10,12-13H2,1-2H3/t21-,22-,23-,24-/m1/s1. The Morgan fingerprint density at radius 1 is 1.10 bits per heavy atom. The summed E-state index contributed by atoms with van der Waals surface area (Å²) >= 11 is 1.75. The number of aliphatic hydroxyl groups excluding tert-OH is 3. The lowest BCUT2D eigenvalue weighted by Gasteiger charge is -2.37. The van der Waals surface area contributed by atoms with Crippen LogP contribution in [0.15, 0.2) is 35.2 Å². The zero-order chi connectivity index (χ0) is 20.5. The fourth-order valence-electron chi connectivity index (χ4n) is 4.83. The molecule has 1 aliphatic heterocycles. The molecule has 0 bridgehead atoms. The Hall–Kier alpha value is -1.37. The molecule has 0 aromatic heterocycles. The van der Waals surface area contributed by atoms with Gasteiger partial charge in [-0.2, -0.15) is 0 Å². The van der Waals surface area contributed by atoms with Crippen LogP contribution in [0.2, 0.25) is 0 Å². The van der Waals surface area contributed by atoms with Crippen LogP contribution in [0, 0.1) is 6.92 Å². The number of hydrogen-bond donors (Lipinski definition) is 3. The van der Waals surface area contributed by atoms with Gasteiger partial charge in [0.2, 0.25) is 0 Å². The molecule has 1 saturated heterocycles. The van der Waals surface area contributed by atoms with Gasteiger partial charge in [0, 0.05) is 11.3 Å². The summed E-state index contributed by atoms with van der Waals surface area (Å²) in [6, 6.07) is 11.0. The second-order valence-corrected chi connectivity index (χ2v) is 9.10. The molecule has 4 rings (SSSR count). The van der Waals surface area contributed by atoms with Crippen LogP contribution in [0.1, 0.15) is 52.3 Å². The van der Waals surface area contributed by atoms with Gasteiger partial charge in [-0.25, -0.2) is 0 Å². The first-order chi connectivity index (χ1) is 14.0. The third kappa shape index (κ3) is 4.12. The number of ether oxygens (including phenoxy) is 1. The molecule has 2 aromatic rings. The molecular formula is C24H30O4S. The maximum absolute atomic E-state index is 10.3. The van der Waals surface area contributed by atoms with E-state index in [1.54, 1.807) is 11.8 Å². The third-order valence-corrected chi connectivity index (χ3v) is 7.21. The van der Waals surface area contributed by atoms with E-state index in [4.69, 9.17) is 4.74 Å². The quantitative estimate of drug-likeness (QED) is 0.655. The normalized spacial score (nSPS) is 26.5. The van der Waals surface area contributed by atoms with E-state index in [0.29, 0.717) is 6.42 Å². The van der Waals surface area contributed by atoms with Crippen molar-refractivity contribution in [1.82, 2.24) is 0 Å². The van der Waals surface area contributed by atoms with Crippen LogP contribution < -0.4 is 0 Å². The summed E-state index contributed by atoms with van der Waals surface area (Å²) < 4.78 is 6.02. The van der Waals surface area contributed by atoms with Crippen molar-refractivity contribution in [2.75, 3.05) is 12.9 Å². The fourth-order valence-corrected chi connectivity index (χ4v) is 5.24. The second kappa shape index (κ2) is 8.78. The molecule has 0 amide bonds. The van der Waals surface area contributed by atoms with Crippen LogP contribution in [0.5, 0.6) is 0 Å². The van der Waals surface area contributed by atoms with Crippen LogP contribution in [0.25, 0.3) is 0 Å². The summed E-state index contributed by atoms with van der Waals surface area (Å²) in [4.78, 5) is 1.27. The molecule has 4 atom stereocenters. The predicted octanol–water partition coefficient (Wildman–Crippen LogP) is 3.34. The zero-order valence-electron chi connectivity index (χ0n) is 17.1. The van der Waals surface area contributed by atoms with Gasteiger partial charge in [-0.3, -0.25) is 0 Å². The van der Waals surface area contributed by atoms with Gasteiger partial charge in [0.1, 0.15) is 12.2 Å². The Labute approximate surface area is 176 Å². The molecule has 2 aromatic carbocycles. The first-order valence-corrected chi connectivity index (χ1v) is 11.6. The molecule has 156 valence electrons. The summed E-state index contributed by atoms with van der Waals surface area (Å²) in [5.74, 6) is 0. The highest BCUT2D eigenvalue weighted by Crippen LogP contribution is 2.39. The summed E-state index contributed by atoms with van der Waals surface area (Å²) in [5, 5.41) is 30.0. The van der Waals surface area contributed by atoms with Gasteiger partial charge in [-0.15, -0.1) is 11.8 Å². The van der Waals surface area contributed by atoms with Gasteiger partial charge in [0.25, 0.3) is 0 Å². The Morgan fingerprint density at radius 3 is 2.52 bits per heavy atom. The van der Waals surface area contributed by atoms with E-state index < -0.39 is 18.3 Å². The van der Waals surface area contributed by atoms with Crippen LogP contribution in [0.3, 0.4) is 0 Å². The molecule has 1 fully saturated rings. The molecule has 5 heteroatoms. The number of hydrogen-bond acceptors (Lipinski definition) is 5. The van der Waals surface area contributed by atoms with Crippen LogP contribution in [0.4, 0.5) is 0 Å². The number of aliphatic hydroxyl groups is 3. The van der Waals surface area contributed by atoms with Crippen LogP contribution >= 0.6 is 11.8 Å². The molecule has 2 aliphatic rings. The lowest BCUT2D eigenvalue weighted by molar-refractivity contribution is -0.181. The highest BCUT2D eigenvalue weighted by molar-refractivity contribution is 7.98.